The average molecular weight is 456 g/mol. The van der Waals surface area contributed by atoms with Crippen molar-refractivity contribution >= 4 is 23.9 Å². The predicted octanol–water partition coefficient (Wildman–Crippen LogP) is -15.6. The number of hydrogen-bond donors (Lipinski definition) is 4. The van der Waals surface area contributed by atoms with Crippen molar-refractivity contribution in [2.45, 2.75) is 56.8 Å². The van der Waals surface area contributed by atoms with Gasteiger partial charge in [-0.3, -0.25) is 0 Å². The quantitative estimate of drug-likeness (QED) is 0.136. The number of rotatable bonds is 10. The van der Waals surface area contributed by atoms with Gasteiger partial charge in [0.15, 0.2) is 0 Å². The Morgan fingerprint density at radius 1 is 0.793 bits per heavy atom. The average Bonchev–Trinajstić information content (AvgIpc) is 2.37. The molecule has 13 nitrogen and oxygen atoms in total. The molecule has 0 rings (SSSR count). The van der Waals surface area contributed by atoms with E-state index in [9.17, 15) is 34.5 Å². The van der Waals surface area contributed by atoms with Gasteiger partial charge in [-0.1, -0.05) is 19.8 Å². The van der Waals surface area contributed by atoms with Gasteiger partial charge in [0.2, 0.25) is 0 Å². The van der Waals surface area contributed by atoms with E-state index >= 15 is 0 Å². The van der Waals surface area contributed by atoms with Gasteiger partial charge >= 0.3 is 94.6 Å². The van der Waals surface area contributed by atoms with E-state index in [1.165, 1.54) is 0 Å². The normalized spacial score (nSPS) is 9.24. The number of unbranched alkanes of at least 4 members (excludes halogenated alkanes) is 2. The molecule has 0 aliphatic rings. The molecule has 0 bridgehead atoms. The van der Waals surface area contributed by atoms with E-state index in [1.807, 2.05) is 6.92 Å². The summed E-state index contributed by atoms with van der Waals surface area (Å²) in [5, 5.41) is 64.7. The van der Waals surface area contributed by atoms with Gasteiger partial charge in [0, 0.05) is 31.2 Å². The molecule has 156 valence electrons. The second-order valence-corrected chi connectivity index (χ2v) is 5.00. The Balaban J connectivity index is -0.0000000574. The van der Waals surface area contributed by atoms with E-state index in [4.69, 9.17) is 20.4 Å². The van der Waals surface area contributed by atoms with E-state index in [0.29, 0.717) is 6.42 Å². The SMILES string of the molecule is CCCCCC(O)(O)C(=O)O.O.O.O=C([O-])CC(O)(CC(=O)[O-])C(=O)[O-].[Na+].[Na+].[Na+]. The van der Waals surface area contributed by atoms with E-state index < -0.39 is 48.1 Å². The number of hydrogen-bond acceptors (Lipinski definition) is 10. The fourth-order valence-corrected chi connectivity index (χ4v) is 1.41. The van der Waals surface area contributed by atoms with E-state index in [2.05, 4.69) is 0 Å². The Morgan fingerprint density at radius 3 is 1.34 bits per heavy atom. The van der Waals surface area contributed by atoms with Crippen molar-refractivity contribution in [2.24, 2.45) is 0 Å². The third-order valence-corrected chi connectivity index (χ3v) is 2.72. The first kappa shape index (κ1) is 47.5. The minimum atomic E-state index is -2.97. The monoisotopic (exact) mass is 456 g/mol. The summed E-state index contributed by atoms with van der Waals surface area (Å²) in [6.07, 6.45) is -0.551. The zero-order valence-corrected chi connectivity index (χ0v) is 22.9. The molecule has 16 heteroatoms. The van der Waals surface area contributed by atoms with Gasteiger partial charge < -0.3 is 61.1 Å². The first-order chi connectivity index (χ1) is 10.8. The molecule has 8 N–H and O–H groups in total. The van der Waals surface area contributed by atoms with Gasteiger partial charge in [-0.25, -0.2) is 4.79 Å². The summed E-state index contributed by atoms with van der Waals surface area (Å²) in [5.41, 5.74) is -2.97. The summed E-state index contributed by atoms with van der Waals surface area (Å²) >= 11 is 0. The van der Waals surface area contributed by atoms with E-state index in [1.54, 1.807) is 0 Å². The van der Waals surface area contributed by atoms with Crippen molar-refractivity contribution in [3.8, 4) is 0 Å². The van der Waals surface area contributed by atoms with Gasteiger partial charge in [-0.05, 0) is 6.42 Å². The summed E-state index contributed by atoms with van der Waals surface area (Å²) in [5.74, 6) is -10.1. The number of aliphatic carboxylic acids is 4. The van der Waals surface area contributed by atoms with Crippen LogP contribution in [0.1, 0.15) is 45.4 Å². The van der Waals surface area contributed by atoms with E-state index in [0.717, 1.165) is 12.8 Å². The van der Waals surface area contributed by atoms with Crippen LogP contribution in [0.5, 0.6) is 0 Å². The van der Waals surface area contributed by atoms with Crippen LogP contribution in [0.3, 0.4) is 0 Å². The second-order valence-electron chi connectivity index (χ2n) is 5.00. The Kier molecular flexibility index (Phi) is 38.2. The maximum absolute atomic E-state index is 10.1. The summed E-state index contributed by atoms with van der Waals surface area (Å²) < 4.78 is 0. The first-order valence-electron chi connectivity index (χ1n) is 6.80. The molecular weight excluding hydrogens is 433 g/mol. The van der Waals surface area contributed by atoms with Crippen molar-refractivity contribution in [2.75, 3.05) is 0 Å². The van der Waals surface area contributed by atoms with Crippen molar-refractivity contribution < 1.29 is 155 Å². The van der Waals surface area contributed by atoms with Crippen LogP contribution in [0.2, 0.25) is 0 Å². The van der Waals surface area contributed by atoms with Crippen molar-refractivity contribution in [3.63, 3.8) is 0 Å². The van der Waals surface area contributed by atoms with Gasteiger partial charge in [0.1, 0.15) is 5.60 Å². The molecule has 0 spiro atoms. The Morgan fingerprint density at radius 2 is 1.14 bits per heavy atom. The smallest absolute Gasteiger partial charge is 0.550 e. The molecule has 0 heterocycles. The zero-order valence-electron chi connectivity index (χ0n) is 16.9. The van der Waals surface area contributed by atoms with Crippen molar-refractivity contribution in [3.05, 3.63) is 0 Å². The molecule has 0 aliphatic carbocycles. The van der Waals surface area contributed by atoms with Crippen molar-refractivity contribution in [1.29, 1.82) is 0 Å². The van der Waals surface area contributed by atoms with Crippen LogP contribution in [0.25, 0.3) is 0 Å². The van der Waals surface area contributed by atoms with E-state index in [-0.39, 0.29) is 106 Å². The Hall–Kier alpha value is 0.680. The summed E-state index contributed by atoms with van der Waals surface area (Å²) in [6, 6.07) is 0. The second kappa shape index (κ2) is 23.3. The topological polar surface area (TPSA) is 281 Å². The van der Waals surface area contributed by atoms with Crippen LogP contribution in [0.4, 0.5) is 0 Å². The first-order valence-corrected chi connectivity index (χ1v) is 6.80. The molecule has 0 unspecified atom stereocenters. The fraction of sp³-hybridized carbons (Fsp3) is 0.692. The minimum Gasteiger partial charge on any atom is -0.550 e. The van der Waals surface area contributed by atoms with Gasteiger partial charge in [-0.2, -0.15) is 0 Å². The molecule has 0 aromatic rings. The maximum atomic E-state index is 10.1. The summed E-state index contributed by atoms with van der Waals surface area (Å²) in [6.45, 7) is 1.96. The molecule has 0 aromatic carbocycles. The Bertz CT molecular complexity index is 455. The number of carbonyl (C=O) groups excluding carboxylic acids is 3. The molecule has 29 heavy (non-hydrogen) atoms. The van der Waals surface area contributed by atoms with Crippen LogP contribution in [-0.2, 0) is 19.2 Å². The van der Waals surface area contributed by atoms with Crippen LogP contribution >= 0.6 is 0 Å². The van der Waals surface area contributed by atoms with Gasteiger partial charge in [0.05, 0.1) is 5.97 Å². The zero-order chi connectivity index (χ0) is 19.6. The van der Waals surface area contributed by atoms with Crippen LogP contribution < -0.4 is 104 Å². The molecule has 0 fully saturated rings. The molecular formula is C13H23Na3O13. The van der Waals surface area contributed by atoms with Crippen LogP contribution in [-0.4, -0.2) is 66.6 Å². The fourth-order valence-electron chi connectivity index (χ4n) is 1.41. The third kappa shape index (κ3) is 24.8. The molecule has 0 aromatic heterocycles. The molecule has 0 atom stereocenters. The number of carbonyl (C=O) groups is 4. The third-order valence-electron chi connectivity index (χ3n) is 2.72. The number of carboxylic acid groups (broad SMARTS) is 4. The summed E-state index contributed by atoms with van der Waals surface area (Å²) in [7, 11) is 0. The minimum absolute atomic E-state index is 0. The molecule has 0 aliphatic heterocycles. The van der Waals surface area contributed by atoms with Crippen LogP contribution in [0.15, 0.2) is 0 Å². The molecule has 0 radical (unpaired) electrons. The summed E-state index contributed by atoms with van der Waals surface area (Å²) in [4.78, 5) is 40.1. The Labute approximate surface area is 233 Å². The molecule has 0 saturated carbocycles. The van der Waals surface area contributed by atoms with Gasteiger partial charge in [-0.15, -0.1) is 0 Å². The van der Waals surface area contributed by atoms with Crippen LogP contribution in [0, 0.1) is 0 Å². The maximum Gasteiger partial charge on any atom is 1.00 e. The predicted molar refractivity (Wildman–Crippen MR) is 75.4 cm³/mol. The number of aliphatic hydroxyl groups is 3. The van der Waals surface area contributed by atoms with Crippen molar-refractivity contribution in [1.82, 2.24) is 0 Å². The number of carboxylic acids is 4. The molecule has 0 saturated heterocycles. The molecule has 0 amide bonds. The standard InChI is InChI=1S/C7H14O4.C6H8O7.3Na.2H2O/c1-2-3-4-5-7(10,11)6(8)9;7-3(8)1-6(13,5(11)12)2-4(9)10;;;;;/h10-11H,2-5H2,1H3,(H,8,9);13H,1-2H2,(H,7,8)(H,9,10)(H,11,12);;;;2*1H2/q;;3*+1;;/p-3. The van der Waals surface area contributed by atoms with Gasteiger partial charge in [0.25, 0.3) is 5.79 Å². The largest absolute Gasteiger partial charge is 1.00 e.